The third-order valence-corrected chi connectivity index (χ3v) is 6.95. The van der Waals surface area contributed by atoms with Crippen molar-refractivity contribution in [2.75, 3.05) is 0 Å². The number of ether oxygens (including phenoxy) is 1. The minimum Gasteiger partial charge on any atom is -0.403 e. The second-order valence-electron chi connectivity index (χ2n) is 9.02. The van der Waals surface area contributed by atoms with Gasteiger partial charge in [0.1, 0.15) is 0 Å². The van der Waals surface area contributed by atoms with Crippen LogP contribution in [0.1, 0.15) is 74.3 Å². The Morgan fingerprint density at radius 1 is 0.774 bits per heavy atom. The van der Waals surface area contributed by atoms with Crippen molar-refractivity contribution >= 4 is 17.6 Å². The quantitative estimate of drug-likeness (QED) is 0.484. The van der Waals surface area contributed by atoms with Crippen LogP contribution in [-0.4, -0.2) is 18.0 Å². The van der Waals surface area contributed by atoms with Gasteiger partial charge in [0.05, 0.1) is 22.2 Å². The molecule has 2 aromatic carbocycles. The summed E-state index contributed by atoms with van der Waals surface area (Å²) in [7, 11) is 0. The van der Waals surface area contributed by atoms with E-state index >= 15 is 0 Å². The van der Waals surface area contributed by atoms with E-state index < -0.39 is 17.6 Å². The van der Waals surface area contributed by atoms with E-state index in [1.54, 1.807) is 26.8 Å². The van der Waals surface area contributed by atoms with Crippen molar-refractivity contribution in [1.29, 1.82) is 0 Å². The summed E-state index contributed by atoms with van der Waals surface area (Å²) < 4.78 is 46.5. The fourth-order valence-corrected chi connectivity index (χ4v) is 4.25. The van der Waals surface area contributed by atoms with Crippen molar-refractivity contribution in [2.45, 2.75) is 73.9 Å². The topological polar surface area (TPSA) is 38.7 Å². The van der Waals surface area contributed by atoms with Gasteiger partial charge in [-0.05, 0) is 107 Å². The van der Waals surface area contributed by atoms with E-state index in [-0.39, 0.29) is 11.5 Å². The Balaban J connectivity index is 2.25. The van der Waals surface area contributed by atoms with E-state index in [1.807, 2.05) is 27.7 Å². The maximum Gasteiger partial charge on any atom is 0.397 e. The van der Waals surface area contributed by atoms with E-state index in [0.29, 0.717) is 33.5 Å². The molecule has 3 rings (SSSR count). The average Bonchev–Trinajstić information content (AvgIpc) is 2.99. The smallest absolute Gasteiger partial charge is 0.397 e. The standard InChI is InChI=1S/C25H28F3NO2/c1-11-10-18(24(8,9)25(26,27)28)14(4)17(7)21(11)29-22-19-15(5)12(2)13(3)16(6)20(19)23(30)31-22/h10H,1-9H3. The van der Waals surface area contributed by atoms with Crippen LogP contribution in [-0.2, 0) is 10.2 Å². The fraction of sp³-hybridized carbons (Fsp3) is 0.440. The lowest BCUT2D eigenvalue weighted by Crippen LogP contribution is -2.37. The SMILES string of the molecule is Cc1cc(C(C)(C)C(F)(F)F)c(C)c(C)c1N=C1OC(=O)c2c(C)c(C)c(C)c(C)c21. The molecule has 0 spiro atoms. The Bertz CT molecular complexity index is 1160. The van der Waals surface area contributed by atoms with Crippen molar-refractivity contribution in [3.8, 4) is 0 Å². The highest BCUT2D eigenvalue weighted by atomic mass is 19.4. The average molecular weight is 431 g/mol. The molecule has 0 unspecified atom stereocenters. The Morgan fingerprint density at radius 2 is 1.29 bits per heavy atom. The fourth-order valence-electron chi connectivity index (χ4n) is 4.25. The predicted molar refractivity (Wildman–Crippen MR) is 117 cm³/mol. The number of carbonyl (C=O) groups is 1. The van der Waals surface area contributed by atoms with Gasteiger partial charge in [-0.3, -0.25) is 0 Å². The number of carbonyl (C=O) groups excluding carboxylic acids is 1. The first-order valence-electron chi connectivity index (χ1n) is 10.2. The number of cyclic esters (lactones) is 1. The van der Waals surface area contributed by atoms with Crippen LogP contribution in [0.2, 0.25) is 0 Å². The van der Waals surface area contributed by atoms with Gasteiger partial charge in [0.25, 0.3) is 0 Å². The second-order valence-corrected chi connectivity index (χ2v) is 9.02. The minimum atomic E-state index is -4.38. The second kappa shape index (κ2) is 7.21. The van der Waals surface area contributed by atoms with Crippen LogP contribution in [0.3, 0.4) is 0 Å². The molecule has 1 aliphatic rings. The van der Waals surface area contributed by atoms with Crippen LogP contribution in [0.25, 0.3) is 0 Å². The van der Waals surface area contributed by atoms with Gasteiger partial charge in [-0.25, -0.2) is 9.79 Å². The predicted octanol–water partition coefficient (Wildman–Crippen LogP) is 6.93. The zero-order valence-electron chi connectivity index (χ0n) is 19.5. The molecule has 0 aromatic heterocycles. The Kier molecular flexibility index (Phi) is 5.36. The van der Waals surface area contributed by atoms with E-state index in [4.69, 9.17) is 4.74 Å². The summed E-state index contributed by atoms with van der Waals surface area (Å²) in [6, 6.07) is 1.55. The number of esters is 1. The largest absolute Gasteiger partial charge is 0.403 e. The molecule has 0 aliphatic carbocycles. The van der Waals surface area contributed by atoms with Gasteiger partial charge >= 0.3 is 12.1 Å². The minimum absolute atomic E-state index is 0.206. The van der Waals surface area contributed by atoms with Gasteiger partial charge in [-0.2, -0.15) is 13.2 Å². The Labute approximate surface area is 181 Å². The number of halogens is 3. The van der Waals surface area contributed by atoms with Gasteiger partial charge < -0.3 is 4.74 Å². The van der Waals surface area contributed by atoms with Gasteiger partial charge in [0.15, 0.2) is 0 Å². The van der Waals surface area contributed by atoms with E-state index in [9.17, 15) is 18.0 Å². The highest BCUT2D eigenvalue weighted by Crippen LogP contribution is 2.45. The molecule has 0 atom stereocenters. The number of alkyl halides is 3. The first kappa shape index (κ1) is 23.0. The van der Waals surface area contributed by atoms with Crippen molar-refractivity contribution in [1.82, 2.24) is 0 Å². The maximum atomic E-state index is 13.7. The molecule has 0 amide bonds. The van der Waals surface area contributed by atoms with Crippen LogP contribution >= 0.6 is 0 Å². The third kappa shape index (κ3) is 3.36. The first-order chi connectivity index (χ1) is 14.1. The third-order valence-electron chi connectivity index (χ3n) is 6.95. The molecule has 1 aliphatic heterocycles. The molecule has 0 saturated carbocycles. The number of nitrogens with zero attached hydrogens (tertiary/aromatic N) is 1. The molecule has 0 saturated heterocycles. The molecule has 6 heteroatoms. The zero-order valence-corrected chi connectivity index (χ0v) is 19.5. The van der Waals surface area contributed by atoms with Crippen LogP contribution in [0, 0.1) is 48.5 Å². The van der Waals surface area contributed by atoms with Gasteiger partial charge in [0, 0.05) is 0 Å². The van der Waals surface area contributed by atoms with Crippen LogP contribution in [0.15, 0.2) is 11.1 Å². The summed E-state index contributed by atoms with van der Waals surface area (Å²) in [5.41, 5.74) is 5.61. The highest BCUT2D eigenvalue weighted by Gasteiger charge is 2.49. The van der Waals surface area contributed by atoms with E-state index in [1.165, 1.54) is 13.8 Å². The Morgan fingerprint density at radius 3 is 1.81 bits per heavy atom. The number of hydrogen-bond acceptors (Lipinski definition) is 3. The van der Waals surface area contributed by atoms with E-state index in [2.05, 4.69) is 4.99 Å². The summed E-state index contributed by atoms with van der Waals surface area (Å²) in [6.07, 6.45) is -4.38. The summed E-state index contributed by atoms with van der Waals surface area (Å²) >= 11 is 0. The van der Waals surface area contributed by atoms with Crippen molar-refractivity contribution in [2.24, 2.45) is 4.99 Å². The Hall–Kier alpha value is -2.63. The molecule has 1 heterocycles. The number of aryl methyl sites for hydroxylation is 1. The maximum absolute atomic E-state index is 13.7. The molecular formula is C25H28F3NO2. The number of hydrogen-bond donors (Lipinski definition) is 0. The molecule has 3 nitrogen and oxygen atoms in total. The van der Waals surface area contributed by atoms with Crippen molar-refractivity contribution < 1.29 is 22.7 Å². The van der Waals surface area contributed by atoms with Crippen LogP contribution in [0.5, 0.6) is 0 Å². The summed E-state index contributed by atoms with van der Waals surface area (Å²) in [5, 5.41) is 0. The first-order valence-corrected chi connectivity index (χ1v) is 10.2. The lowest BCUT2D eigenvalue weighted by Gasteiger charge is -2.31. The van der Waals surface area contributed by atoms with Crippen molar-refractivity contribution in [3.05, 3.63) is 61.7 Å². The molecular weight excluding hydrogens is 403 g/mol. The van der Waals surface area contributed by atoms with Gasteiger partial charge in [-0.15, -0.1) is 0 Å². The number of benzene rings is 2. The molecule has 166 valence electrons. The molecule has 0 radical (unpaired) electrons. The molecule has 2 aromatic rings. The monoisotopic (exact) mass is 431 g/mol. The molecule has 0 fully saturated rings. The van der Waals surface area contributed by atoms with Crippen molar-refractivity contribution in [3.63, 3.8) is 0 Å². The summed E-state index contributed by atoms with van der Waals surface area (Å²) in [5.74, 6) is -0.239. The zero-order chi connectivity index (χ0) is 23.6. The summed E-state index contributed by atoms with van der Waals surface area (Å²) in [4.78, 5) is 17.3. The van der Waals surface area contributed by atoms with Crippen LogP contribution in [0.4, 0.5) is 18.9 Å². The normalized spacial score (nSPS) is 15.5. The lowest BCUT2D eigenvalue weighted by atomic mass is 9.79. The van der Waals surface area contributed by atoms with Gasteiger partial charge in [0.2, 0.25) is 5.90 Å². The van der Waals surface area contributed by atoms with Crippen LogP contribution < -0.4 is 0 Å². The number of aliphatic imine (C=N–C) groups is 1. The number of fused-ring (bicyclic) bond motifs is 1. The molecule has 31 heavy (non-hydrogen) atoms. The van der Waals surface area contributed by atoms with Gasteiger partial charge in [-0.1, -0.05) is 6.07 Å². The lowest BCUT2D eigenvalue weighted by molar-refractivity contribution is -0.180. The van der Waals surface area contributed by atoms with E-state index in [0.717, 1.165) is 22.3 Å². The molecule has 0 N–H and O–H groups in total. The highest BCUT2D eigenvalue weighted by molar-refractivity contribution is 6.19. The molecule has 0 bridgehead atoms. The summed E-state index contributed by atoms with van der Waals surface area (Å²) in [6.45, 7) is 15.3. The number of rotatable bonds is 2.